The van der Waals surface area contributed by atoms with Crippen LogP contribution in [-0.4, -0.2) is 32.6 Å². The average molecular weight is 330 g/mol. The zero-order chi connectivity index (χ0) is 14.3. The van der Waals surface area contributed by atoms with Crippen molar-refractivity contribution in [3.8, 4) is 0 Å². The molecule has 2 rings (SSSR count). The summed E-state index contributed by atoms with van der Waals surface area (Å²) in [4.78, 5) is 20.8. The van der Waals surface area contributed by atoms with E-state index < -0.39 is 11.6 Å². The number of carbonyl (C=O) groups is 1. The number of hydrogen-bond donors (Lipinski definition) is 2. The molecule has 0 aliphatic carbocycles. The van der Waals surface area contributed by atoms with Crippen LogP contribution in [0.25, 0.3) is 0 Å². The van der Waals surface area contributed by atoms with Crippen molar-refractivity contribution < 1.29 is 9.90 Å². The second-order valence-corrected chi connectivity index (χ2v) is 6.94. The van der Waals surface area contributed by atoms with Gasteiger partial charge in [0.25, 0.3) is 0 Å². The lowest BCUT2D eigenvalue weighted by molar-refractivity contribution is -0.0349. The van der Waals surface area contributed by atoms with Gasteiger partial charge in [-0.05, 0) is 40.6 Å². The molecule has 0 saturated carbocycles. The zero-order valence-electron chi connectivity index (χ0n) is 11.5. The van der Waals surface area contributed by atoms with Crippen LogP contribution < -0.4 is 0 Å². The van der Waals surface area contributed by atoms with E-state index in [4.69, 9.17) is 0 Å². The number of aromatic amines is 1. The molecule has 0 bridgehead atoms. The predicted octanol–water partition coefficient (Wildman–Crippen LogP) is 3.58. The van der Waals surface area contributed by atoms with Crippen LogP contribution in [-0.2, 0) is 5.54 Å². The Labute approximate surface area is 121 Å². The van der Waals surface area contributed by atoms with Crippen molar-refractivity contribution in [2.75, 3.05) is 6.54 Å². The van der Waals surface area contributed by atoms with Gasteiger partial charge in [0.2, 0.25) is 0 Å². The fourth-order valence-electron chi connectivity index (χ4n) is 3.13. The van der Waals surface area contributed by atoms with Gasteiger partial charge in [-0.15, -0.1) is 0 Å². The highest BCUT2D eigenvalue weighted by atomic mass is 79.9. The summed E-state index contributed by atoms with van der Waals surface area (Å²) >= 11 is 3.36. The molecule has 1 aromatic heterocycles. The van der Waals surface area contributed by atoms with Gasteiger partial charge in [-0.1, -0.05) is 20.8 Å². The third-order valence-corrected chi connectivity index (χ3v) is 4.44. The molecule has 0 spiro atoms. The maximum atomic E-state index is 11.7. The molecule has 1 amide bonds. The van der Waals surface area contributed by atoms with Crippen LogP contribution in [0.3, 0.4) is 0 Å². The van der Waals surface area contributed by atoms with E-state index in [0.717, 1.165) is 29.7 Å². The Morgan fingerprint density at radius 3 is 2.68 bits per heavy atom. The molecule has 1 saturated heterocycles. The number of likely N-dealkylation sites (tertiary alicyclic amines) is 1. The molecule has 1 fully saturated rings. The molecule has 106 valence electrons. The summed E-state index contributed by atoms with van der Waals surface area (Å²) < 4.78 is 0.780. The van der Waals surface area contributed by atoms with Crippen molar-refractivity contribution >= 4 is 22.0 Å². The number of nitrogens with zero attached hydrogens (tertiary/aromatic N) is 2. The quantitative estimate of drug-likeness (QED) is 0.827. The third kappa shape index (κ3) is 2.26. The van der Waals surface area contributed by atoms with Crippen molar-refractivity contribution in [2.24, 2.45) is 5.41 Å². The van der Waals surface area contributed by atoms with Crippen molar-refractivity contribution in [1.82, 2.24) is 14.9 Å². The van der Waals surface area contributed by atoms with Crippen LogP contribution >= 0.6 is 15.9 Å². The van der Waals surface area contributed by atoms with Crippen LogP contribution in [0.5, 0.6) is 0 Å². The van der Waals surface area contributed by atoms with Crippen LogP contribution in [0.15, 0.2) is 10.8 Å². The Morgan fingerprint density at radius 1 is 1.53 bits per heavy atom. The number of amides is 1. The van der Waals surface area contributed by atoms with E-state index in [1.165, 1.54) is 0 Å². The van der Waals surface area contributed by atoms with Gasteiger partial charge in [-0.2, -0.15) is 0 Å². The number of rotatable bonds is 1. The molecular formula is C13H20BrN3O2. The number of H-pyrrole nitrogens is 1. The van der Waals surface area contributed by atoms with E-state index >= 15 is 0 Å². The van der Waals surface area contributed by atoms with Gasteiger partial charge in [0.15, 0.2) is 0 Å². The van der Waals surface area contributed by atoms with Gasteiger partial charge < -0.3 is 10.1 Å². The summed E-state index contributed by atoms with van der Waals surface area (Å²) in [6.07, 6.45) is 3.54. The number of imidazole rings is 1. The minimum Gasteiger partial charge on any atom is -0.465 e. The van der Waals surface area contributed by atoms with E-state index in [2.05, 4.69) is 46.7 Å². The van der Waals surface area contributed by atoms with E-state index in [1.807, 2.05) is 0 Å². The van der Waals surface area contributed by atoms with Gasteiger partial charge in [0.1, 0.15) is 16.0 Å². The molecule has 19 heavy (non-hydrogen) atoms. The summed E-state index contributed by atoms with van der Waals surface area (Å²) in [5, 5.41) is 9.58. The average Bonchev–Trinajstić information content (AvgIpc) is 2.74. The first-order chi connectivity index (χ1) is 8.79. The van der Waals surface area contributed by atoms with Crippen LogP contribution in [0, 0.1) is 5.41 Å². The number of piperidine rings is 1. The van der Waals surface area contributed by atoms with Gasteiger partial charge in [0.05, 0.1) is 6.20 Å². The fraction of sp³-hybridized carbons (Fsp3) is 0.692. The van der Waals surface area contributed by atoms with E-state index in [1.54, 1.807) is 11.1 Å². The molecule has 1 aromatic rings. The lowest BCUT2D eigenvalue weighted by Crippen LogP contribution is -2.59. The van der Waals surface area contributed by atoms with Crippen molar-refractivity contribution in [3.63, 3.8) is 0 Å². The minimum absolute atomic E-state index is 0.233. The maximum absolute atomic E-state index is 11.7. The SMILES string of the molecule is CC(C)(C)C1(c2ncc(Br)[nH]2)CCCCN1C(=O)O. The first kappa shape index (κ1) is 14.4. The number of halogens is 1. The molecule has 1 aliphatic heterocycles. The lowest BCUT2D eigenvalue weighted by atomic mass is 9.67. The summed E-state index contributed by atoms with van der Waals surface area (Å²) in [7, 11) is 0. The van der Waals surface area contributed by atoms with Crippen molar-refractivity contribution in [1.29, 1.82) is 0 Å². The third-order valence-electron chi connectivity index (χ3n) is 4.04. The molecule has 2 N–H and O–H groups in total. The van der Waals surface area contributed by atoms with Crippen molar-refractivity contribution in [2.45, 2.75) is 45.6 Å². The Bertz CT molecular complexity index is 480. The molecule has 2 heterocycles. The molecule has 0 aromatic carbocycles. The highest BCUT2D eigenvalue weighted by Crippen LogP contribution is 2.49. The number of nitrogens with one attached hydrogen (secondary N) is 1. The highest BCUT2D eigenvalue weighted by Gasteiger charge is 2.53. The molecule has 1 atom stereocenters. The van der Waals surface area contributed by atoms with E-state index in [0.29, 0.717) is 6.54 Å². The second-order valence-electron chi connectivity index (χ2n) is 6.08. The van der Waals surface area contributed by atoms with Crippen LogP contribution in [0.4, 0.5) is 4.79 Å². The summed E-state index contributed by atoms with van der Waals surface area (Å²) in [6.45, 7) is 6.78. The first-order valence-electron chi connectivity index (χ1n) is 6.50. The Hall–Kier alpha value is -1.04. The standard InChI is InChI=1S/C13H20BrN3O2/c1-12(2,3)13(10-15-8-9(14)16-10)6-4-5-7-17(13)11(18)19/h8H,4-7H2,1-3H3,(H,15,16)(H,18,19). The first-order valence-corrected chi connectivity index (χ1v) is 7.30. The summed E-state index contributed by atoms with van der Waals surface area (Å²) in [5.74, 6) is 0.731. The largest absolute Gasteiger partial charge is 0.465 e. The van der Waals surface area contributed by atoms with Crippen LogP contribution in [0.1, 0.15) is 45.9 Å². The Balaban J connectivity index is 2.59. The zero-order valence-corrected chi connectivity index (χ0v) is 13.1. The van der Waals surface area contributed by atoms with Gasteiger partial charge in [-0.25, -0.2) is 9.78 Å². The van der Waals surface area contributed by atoms with Crippen LogP contribution in [0.2, 0.25) is 0 Å². The number of carboxylic acid groups (broad SMARTS) is 1. The Kier molecular flexibility index (Phi) is 3.64. The van der Waals surface area contributed by atoms with Gasteiger partial charge >= 0.3 is 6.09 Å². The van der Waals surface area contributed by atoms with E-state index in [-0.39, 0.29) is 5.41 Å². The molecule has 5 nitrogen and oxygen atoms in total. The van der Waals surface area contributed by atoms with Crippen molar-refractivity contribution in [3.05, 3.63) is 16.6 Å². The summed E-state index contributed by atoms with van der Waals surface area (Å²) in [6, 6.07) is 0. The molecule has 6 heteroatoms. The topological polar surface area (TPSA) is 69.2 Å². The predicted molar refractivity (Wildman–Crippen MR) is 76.0 cm³/mol. The lowest BCUT2D eigenvalue weighted by Gasteiger charge is -2.52. The Morgan fingerprint density at radius 2 is 2.21 bits per heavy atom. The monoisotopic (exact) mass is 329 g/mol. The minimum atomic E-state index is -0.873. The summed E-state index contributed by atoms with van der Waals surface area (Å²) in [5.41, 5.74) is -0.827. The molecule has 1 aliphatic rings. The molecule has 1 unspecified atom stereocenters. The van der Waals surface area contributed by atoms with Gasteiger partial charge in [-0.3, -0.25) is 4.90 Å². The van der Waals surface area contributed by atoms with E-state index in [9.17, 15) is 9.90 Å². The second kappa shape index (κ2) is 4.81. The number of aromatic nitrogens is 2. The smallest absolute Gasteiger partial charge is 0.408 e. The number of hydrogen-bond acceptors (Lipinski definition) is 2. The normalized spacial score (nSPS) is 24.5. The maximum Gasteiger partial charge on any atom is 0.408 e. The fourth-order valence-corrected chi connectivity index (χ4v) is 3.42. The molecular weight excluding hydrogens is 310 g/mol. The highest BCUT2D eigenvalue weighted by molar-refractivity contribution is 9.10. The molecule has 0 radical (unpaired) electrons. The van der Waals surface area contributed by atoms with Gasteiger partial charge in [0, 0.05) is 6.54 Å².